The summed E-state index contributed by atoms with van der Waals surface area (Å²) in [4.78, 5) is 0. The highest BCUT2D eigenvalue weighted by Crippen LogP contribution is 2.13. The first kappa shape index (κ1) is 4.61. The maximum absolute atomic E-state index is 8.17. The highest BCUT2D eigenvalue weighted by Gasteiger charge is 2.13. The maximum Gasteiger partial charge on any atom is 0.144 e. The van der Waals surface area contributed by atoms with E-state index in [4.69, 9.17) is 10.00 Å². The molecular formula is C5H6NO. The van der Waals surface area contributed by atoms with E-state index in [2.05, 4.69) is 0 Å². The summed E-state index contributed by atoms with van der Waals surface area (Å²) in [6, 6.07) is 2.01. The molecule has 2 nitrogen and oxygen atoms in total. The molecule has 1 rings (SSSR count). The molecule has 1 atom stereocenters. The maximum atomic E-state index is 8.17. The molecule has 37 valence electrons. The lowest BCUT2D eigenvalue weighted by Crippen LogP contribution is -1.96. The Kier molecular flexibility index (Phi) is 1.28. The van der Waals surface area contributed by atoms with Crippen molar-refractivity contribution in [2.24, 2.45) is 0 Å². The van der Waals surface area contributed by atoms with E-state index < -0.39 is 0 Å². The third-order valence-corrected chi connectivity index (χ3v) is 0.951. The summed E-state index contributed by atoms with van der Waals surface area (Å²) < 4.78 is 4.82. The van der Waals surface area contributed by atoms with Crippen molar-refractivity contribution in [3.05, 3.63) is 6.61 Å². The minimum Gasteiger partial charge on any atom is -0.357 e. The zero-order chi connectivity index (χ0) is 5.11. The van der Waals surface area contributed by atoms with Crippen molar-refractivity contribution in [2.75, 3.05) is 0 Å². The van der Waals surface area contributed by atoms with Gasteiger partial charge in [-0.1, -0.05) is 0 Å². The minimum absolute atomic E-state index is 0.153. The van der Waals surface area contributed by atoms with E-state index >= 15 is 0 Å². The number of hydrogen-bond acceptors (Lipinski definition) is 2. The topological polar surface area (TPSA) is 33.0 Å². The first-order chi connectivity index (χ1) is 3.43. The summed E-state index contributed by atoms with van der Waals surface area (Å²) in [7, 11) is 0. The Labute approximate surface area is 42.7 Å². The Bertz CT molecular complexity index is 88.7. The molecule has 0 spiro atoms. The molecule has 0 aromatic heterocycles. The van der Waals surface area contributed by atoms with Crippen LogP contribution in [-0.2, 0) is 4.74 Å². The molecule has 7 heavy (non-hydrogen) atoms. The second-order valence-electron chi connectivity index (χ2n) is 1.50. The molecule has 0 bridgehead atoms. The van der Waals surface area contributed by atoms with Crippen LogP contribution in [0.1, 0.15) is 12.8 Å². The van der Waals surface area contributed by atoms with Crippen molar-refractivity contribution in [1.82, 2.24) is 0 Å². The molecule has 2 heteroatoms. The molecule has 0 aromatic carbocycles. The molecule has 1 fully saturated rings. The third-order valence-electron chi connectivity index (χ3n) is 0.951. The molecule has 1 heterocycles. The Morgan fingerprint density at radius 2 is 2.71 bits per heavy atom. The largest absolute Gasteiger partial charge is 0.357 e. The molecular weight excluding hydrogens is 90.1 g/mol. The van der Waals surface area contributed by atoms with Gasteiger partial charge < -0.3 is 4.74 Å². The van der Waals surface area contributed by atoms with Crippen molar-refractivity contribution < 1.29 is 4.74 Å². The number of nitrogens with zero attached hydrogens (tertiary/aromatic N) is 1. The van der Waals surface area contributed by atoms with Crippen LogP contribution in [0.2, 0.25) is 0 Å². The van der Waals surface area contributed by atoms with Gasteiger partial charge in [-0.3, -0.25) is 0 Å². The van der Waals surface area contributed by atoms with Crippen LogP contribution in [0.4, 0.5) is 0 Å². The summed E-state index contributed by atoms with van der Waals surface area (Å²) in [5.74, 6) is 0. The van der Waals surface area contributed by atoms with E-state index in [0.717, 1.165) is 12.8 Å². The lowest BCUT2D eigenvalue weighted by molar-refractivity contribution is 0.199. The minimum atomic E-state index is -0.153. The summed E-state index contributed by atoms with van der Waals surface area (Å²) in [5.41, 5.74) is 0. The van der Waals surface area contributed by atoms with Crippen molar-refractivity contribution in [3.8, 4) is 6.07 Å². The SMILES string of the molecule is N#CC1CC[CH]O1. The average Bonchev–Trinajstić information content (AvgIpc) is 2.14. The van der Waals surface area contributed by atoms with E-state index in [1.54, 1.807) is 6.61 Å². The van der Waals surface area contributed by atoms with Crippen molar-refractivity contribution in [3.63, 3.8) is 0 Å². The van der Waals surface area contributed by atoms with Crippen molar-refractivity contribution in [1.29, 1.82) is 5.26 Å². The third kappa shape index (κ3) is 0.908. The highest BCUT2D eigenvalue weighted by molar-refractivity contribution is 4.89. The van der Waals surface area contributed by atoms with Crippen LogP contribution in [0.25, 0.3) is 0 Å². The van der Waals surface area contributed by atoms with Crippen LogP contribution in [0, 0.1) is 17.9 Å². The van der Waals surface area contributed by atoms with Gasteiger partial charge in [0.25, 0.3) is 0 Å². The fraction of sp³-hybridized carbons (Fsp3) is 0.600. The zero-order valence-electron chi connectivity index (χ0n) is 3.92. The van der Waals surface area contributed by atoms with Crippen LogP contribution < -0.4 is 0 Å². The lowest BCUT2D eigenvalue weighted by atomic mass is 10.3. The molecule has 0 aliphatic carbocycles. The Morgan fingerprint density at radius 3 is 3.00 bits per heavy atom. The van der Waals surface area contributed by atoms with Gasteiger partial charge in [0.1, 0.15) is 6.10 Å². The molecule has 1 aliphatic rings. The van der Waals surface area contributed by atoms with Crippen molar-refractivity contribution in [2.45, 2.75) is 18.9 Å². The number of nitriles is 1. The molecule has 0 aromatic rings. The first-order valence-corrected chi connectivity index (χ1v) is 2.30. The Hall–Kier alpha value is -0.550. The van der Waals surface area contributed by atoms with Crippen LogP contribution in [0.5, 0.6) is 0 Å². The standard InChI is InChI=1S/C5H6NO/c6-4-5-2-1-3-7-5/h3,5H,1-2H2. The van der Waals surface area contributed by atoms with Gasteiger partial charge in [-0.2, -0.15) is 5.26 Å². The summed E-state index contributed by atoms with van der Waals surface area (Å²) in [6.45, 7) is 1.69. The van der Waals surface area contributed by atoms with Gasteiger partial charge in [0.15, 0.2) is 0 Å². The molecule has 1 radical (unpaired) electrons. The fourth-order valence-electron chi connectivity index (χ4n) is 0.567. The van der Waals surface area contributed by atoms with E-state index in [9.17, 15) is 0 Å². The molecule has 0 N–H and O–H groups in total. The summed E-state index contributed by atoms with van der Waals surface area (Å²) in [6.07, 6.45) is 1.65. The van der Waals surface area contributed by atoms with Crippen LogP contribution in [0.3, 0.4) is 0 Å². The number of ether oxygens (including phenoxy) is 1. The molecule has 1 saturated heterocycles. The predicted octanol–water partition coefficient (Wildman–Crippen LogP) is 0.851. The second-order valence-corrected chi connectivity index (χ2v) is 1.50. The van der Waals surface area contributed by atoms with Gasteiger partial charge in [-0.25, -0.2) is 0 Å². The number of rotatable bonds is 0. The molecule has 0 amide bonds. The fourth-order valence-corrected chi connectivity index (χ4v) is 0.567. The van der Waals surface area contributed by atoms with Gasteiger partial charge in [0.05, 0.1) is 12.7 Å². The normalized spacial score (nSPS) is 29.9. The van der Waals surface area contributed by atoms with Gasteiger partial charge in [-0.15, -0.1) is 0 Å². The van der Waals surface area contributed by atoms with E-state index in [-0.39, 0.29) is 6.10 Å². The second kappa shape index (κ2) is 1.94. The Balaban J connectivity index is 2.31. The van der Waals surface area contributed by atoms with E-state index in [1.165, 1.54) is 0 Å². The molecule has 1 unspecified atom stereocenters. The van der Waals surface area contributed by atoms with Crippen molar-refractivity contribution >= 4 is 0 Å². The van der Waals surface area contributed by atoms with Crippen LogP contribution >= 0.6 is 0 Å². The summed E-state index contributed by atoms with van der Waals surface area (Å²) >= 11 is 0. The predicted molar refractivity (Wildman–Crippen MR) is 24.0 cm³/mol. The lowest BCUT2D eigenvalue weighted by Gasteiger charge is -1.90. The van der Waals surface area contributed by atoms with Gasteiger partial charge in [-0.05, 0) is 12.8 Å². The molecule has 0 saturated carbocycles. The van der Waals surface area contributed by atoms with E-state index in [0.29, 0.717) is 0 Å². The monoisotopic (exact) mass is 96.0 g/mol. The van der Waals surface area contributed by atoms with E-state index in [1.807, 2.05) is 6.07 Å². The number of hydrogen-bond donors (Lipinski definition) is 0. The first-order valence-electron chi connectivity index (χ1n) is 2.30. The van der Waals surface area contributed by atoms with Crippen LogP contribution in [-0.4, -0.2) is 6.10 Å². The van der Waals surface area contributed by atoms with Crippen LogP contribution in [0.15, 0.2) is 0 Å². The average molecular weight is 96.1 g/mol. The zero-order valence-corrected chi connectivity index (χ0v) is 3.92. The smallest absolute Gasteiger partial charge is 0.144 e. The quantitative estimate of drug-likeness (QED) is 0.448. The van der Waals surface area contributed by atoms with Gasteiger partial charge in [0.2, 0.25) is 0 Å². The highest BCUT2D eigenvalue weighted by atomic mass is 16.5. The Morgan fingerprint density at radius 1 is 1.86 bits per heavy atom. The van der Waals surface area contributed by atoms with Gasteiger partial charge in [0, 0.05) is 0 Å². The molecule has 1 aliphatic heterocycles. The van der Waals surface area contributed by atoms with Gasteiger partial charge >= 0.3 is 0 Å². The summed E-state index contributed by atoms with van der Waals surface area (Å²) in [5, 5.41) is 8.17.